The van der Waals surface area contributed by atoms with Gasteiger partial charge in [-0.1, -0.05) is 43.5 Å². The average molecular weight is 265 g/mol. The highest BCUT2D eigenvalue weighted by Gasteiger charge is 2.15. The average Bonchev–Trinajstić information content (AvgIpc) is 2.97. The van der Waals surface area contributed by atoms with Crippen LogP contribution in [-0.2, 0) is 6.42 Å². The smallest absolute Gasteiger partial charge is 0.120 e. The standard InChI is InChI=1S/C17H19N3/c18-11-10-17-19-12-16(20-17)15-8-6-14(7-9-15)13-4-2-1-3-5-13/h6-9,12-13H,1-5,10H2,(H,19,20). The first-order valence-electron chi connectivity index (χ1n) is 7.38. The molecule has 1 aliphatic rings. The molecule has 3 rings (SSSR count). The van der Waals surface area contributed by atoms with Gasteiger partial charge in [-0.3, -0.25) is 0 Å². The van der Waals surface area contributed by atoms with Crippen molar-refractivity contribution >= 4 is 0 Å². The van der Waals surface area contributed by atoms with Crippen molar-refractivity contribution in [2.45, 2.75) is 44.4 Å². The van der Waals surface area contributed by atoms with E-state index in [4.69, 9.17) is 5.26 Å². The van der Waals surface area contributed by atoms with Crippen LogP contribution in [0.1, 0.15) is 49.4 Å². The van der Waals surface area contributed by atoms with Gasteiger partial charge >= 0.3 is 0 Å². The summed E-state index contributed by atoms with van der Waals surface area (Å²) in [5.41, 5.74) is 3.59. The van der Waals surface area contributed by atoms with Gasteiger partial charge in [0.05, 0.1) is 24.4 Å². The van der Waals surface area contributed by atoms with Crippen molar-refractivity contribution in [3.8, 4) is 17.3 Å². The number of aromatic amines is 1. The Balaban J connectivity index is 1.76. The Hall–Kier alpha value is -2.08. The molecule has 102 valence electrons. The number of hydrogen-bond acceptors (Lipinski definition) is 2. The van der Waals surface area contributed by atoms with Crippen LogP contribution in [0.2, 0.25) is 0 Å². The first-order chi connectivity index (χ1) is 9.86. The maximum atomic E-state index is 8.67. The number of rotatable bonds is 3. The minimum atomic E-state index is 0.333. The van der Waals surface area contributed by atoms with Crippen LogP contribution in [0, 0.1) is 11.3 Å². The predicted octanol–water partition coefficient (Wildman–Crippen LogP) is 4.19. The topological polar surface area (TPSA) is 52.5 Å². The van der Waals surface area contributed by atoms with Gasteiger partial charge in [-0.05, 0) is 29.9 Å². The fourth-order valence-electron chi connectivity index (χ4n) is 3.04. The summed E-state index contributed by atoms with van der Waals surface area (Å²) in [7, 11) is 0. The maximum Gasteiger partial charge on any atom is 0.120 e. The first-order valence-corrected chi connectivity index (χ1v) is 7.38. The number of nitrogens with zero attached hydrogens (tertiary/aromatic N) is 2. The van der Waals surface area contributed by atoms with Gasteiger partial charge in [-0.2, -0.15) is 5.26 Å². The minimum Gasteiger partial charge on any atom is -0.341 e. The molecule has 1 aromatic carbocycles. The number of hydrogen-bond donors (Lipinski definition) is 1. The van der Waals surface area contributed by atoms with Gasteiger partial charge in [0, 0.05) is 0 Å². The Labute approximate surface area is 119 Å². The van der Waals surface area contributed by atoms with Crippen LogP contribution >= 0.6 is 0 Å². The predicted molar refractivity (Wildman–Crippen MR) is 79.2 cm³/mol. The van der Waals surface area contributed by atoms with Gasteiger partial charge in [-0.15, -0.1) is 0 Å². The van der Waals surface area contributed by atoms with E-state index in [0.29, 0.717) is 6.42 Å². The van der Waals surface area contributed by atoms with Crippen molar-refractivity contribution in [1.82, 2.24) is 9.97 Å². The first kappa shape index (κ1) is 12.9. The van der Waals surface area contributed by atoms with Crippen molar-refractivity contribution in [1.29, 1.82) is 5.26 Å². The Bertz CT molecular complexity index is 598. The molecule has 3 nitrogen and oxygen atoms in total. The van der Waals surface area contributed by atoms with Crippen LogP contribution in [0.5, 0.6) is 0 Å². The van der Waals surface area contributed by atoms with Gasteiger partial charge in [0.2, 0.25) is 0 Å². The van der Waals surface area contributed by atoms with Crippen LogP contribution in [0.4, 0.5) is 0 Å². The van der Waals surface area contributed by atoms with Crippen LogP contribution in [0.15, 0.2) is 30.5 Å². The zero-order valence-electron chi connectivity index (χ0n) is 11.6. The highest BCUT2D eigenvalue weighted by Crippen LogP contribution is 2.33. The summed E-state index contributed by atoms with van der Waals surface area (Å²) < 4.78 is 0. The summed E-state index contributed by atoms with van der Waals surface area (Å²) in [4.78, 5) is 7.41. The van der Waals surface area contributed by atoms with Crippen molar-refractivity contribution in [2.24, 2.45) is 0 Å². The molecule has 0 saturated heterocycles. The van der Waals surface area contributed by atoms with Gasteiger partial charge in [-0.25, -0.2) is 4.98 Å². The fourth-order valence-corrected chi connectivity index (χ4v) is 3.04. The zero-order valence-corrected chi connectivity index (χ0v) is 11.6. The fraction of sp³-hybridized carbons (Fsp3) is 0.412. The summed E-state index contributed by atoms with van der Waals surface area (Å²) >= 11 is 0. The van der Waals surface area contributed by atoms with Crippen LogP contribution in [-0.4, -0.2) is 9.97 Å². The lowest BCUT2D eigenvalue weighted by molar-refractivity contribution is 0.443. The van der Waals surface area contributed by atoms with Crippen LogP contribution in [0.25, 0.3) is 11.3 Å². The van der Waals surface area contributed by atoms with Gasteiger partial charge in [0.15, 0.2) is 0 Å². The molecule has 2 aromatic rings. The Morgan fingerprint density at radius 1 is 1.15 bits per heavy atom. The minimum absolute atomic E-state index is 0.333. The van der Waals surface area contributed by atoms with Crippen molar-refractivity contribution < 1.29 is 0 Å². The number of nitriles is 1. The van der Waals surface area contributed by atoms with E-state index in [-0.39, 0.29) is 0 Å². The number of nitrogens with one attached hydrogen (secondary N) is 1. The summed E-state index contributed by atoms with van der Waals surface area (Å²) in [5.74, 6) is 1.48. The summed E-state index contributed by atoms with van der Waals surface area (Å²) in [5, 5.41) is 8.67. The Kier molecular flexibility index (Phi) is 3.83. The second-order valence-electron chi connectivity index (χ2n) is 5.54. The van der Waals surface area contributed by atoms with E-state index in [1.165, 1.54) is 37.7 Å². The number of imidazole rings is 1. The van der Waals surface area contributed by atoms with Gasteiger partial charge in [0.25, 0.3) is 0 Å². The van der Waals surface area contributed by atoms with Crippen LogP contribution < -0.4 is 0 Å². The molecule has 0 amide bonds. The monoisotopic (exact) mass is 265 g/mol. The molecule has 0 unspecified atom stereocenters. The third-order valence-electron chi connectivity index (χ3n) is 4.17. The molecule has 20 heavy (non-hydrogen) atoms. The molecule has 0 spiro atoms. The van der Waals surface area contributed by atoms with Crippen molar-refractivity contribution in [2.75, 3.05) is 0 Å². The van der Waals surface area contributed by atoms with Gasteiger partial charge < -0.3 is 4.98 Å². The molecule has 3 heteroatoms. The number of aromatic nitrogens is 2. The molecule has 1 fully saturated rings. The quantitative estimate of drug-likeness (QED) is 0.904. The number of H-pyrrole nitrogens is 1. The lowest BCUT2D eigenvalue weighted by Crippen LogP contribution is -2.04. The van der Waals surface area contributed by atoms with E-state index in [1.54, 1.807) is 0 Å². The van der Waals surface area contributed by atoms with E-state index in [1.807, 2.05) is 6.20 Å². The van der Waals surface area contributed by atoms with Gasteiger partial charge in [0.1, 0.15) is 5.82 Å². The third-order valence-corrected chi connectivity index (χ3v) is 4.17. The molecule has 0 radical (unpaired) electrons. The van der Waals surface area contributed by atoms with Crippen molar-refractivity contribution in [3.05, 3.63) is 41.9 Å². The molecular weight excluding hydrogens is 246 g/mol. The molecule has 1 saturated carbocycles. The maximum absolute atomic E-state index is 8.67. The summed E-state index contributed by atoms with van der Waals surface area (Å²) in [6.07, 6.45) is 8.92. The second kappa shape index (κ2) is 5.92. The largest absolute Gasteiger partial charge is 0.341 e. The molecule has 1 N–H and O–H groups in total. The third kappa shape index (κ3) is 2.75. The number of benzene rings is 1. The summed E-state index contributed by atoms with van der Waals surface area (Å²) in [6.45, 7) is 0. The molecule has 1 aromatic heterocycles. The lowest BCUT2D eigenvalue weighted by atomic mass is 9.84. The molecule has 1 heterocycles. The Morgan fingerprint density at radius 2 is 1.90 bits per heavy atom. The highest BCUT2D eigenvalue weighted by molar-refractivity contribution is 5.59. The van der Waals surface area contributed by atoms with Crippen molar-refractivity contribution in [3.63, 3.8) is 0 Å². The zero-order chi connectivity index (χ0) is 13.8. The van der Waals surface area contributed by atoms with E-state index >= 15 is 0 Å². The van der Waals surface area contributed by atoms with Crippen LogP contribution in [0.3, 0.4) is 0 Å². The van der Waals surface area contributed by atoms with E-state index in [9.17, 15) is 0 Å². The summed E-state index contributed by atoms with van der Waals surface area (Å²) in [6, 6.07) is 10.9. The Morgan fingerprint density at radius 3 is 2.60 bits per heavy atom. The van der Waals surface area contributed by atoms with E-state index < -0.39 is 0 Å². The second-order valence-corrected chi connectivity index (χ2v) is 5.54. The SMILES string of the molecule is N#CCc1ncc(-c2ccc(C3CCCCC3)cc2)[nH]1. The molecule has 0 atom stereocenters. The molecule has 1 aliphatic carbocycles. The van der Waals surface area contributed by atoms with E-state index in [2.05, 4.69) is 40.3 Å². The molecule has 0 bridgehead atoms. The van der Waals surface area contributed by atoms with E-state index in [0.717, 1.165) is 23.0 Å². The molecular formula is C17H19N3. The lowest BCUT2D eigenvalue weighted by Gasteiger charge is -2.22. The highest BCUT2D eigenvalue weighted by atomic mass is 14.9. The normalized spacial score (nSPS) is 15.9. The molecule has 0 aliphatic heterocycles.